The van der Waals surface area contributed by atoms with Gasteiger partial charge in [-0.2, -0.15) is 0 Å². The van der Waals surface area contributed by atoms with E-state index in [1.807, 2.05) is 25.1 Å². The van der Waals surface area contributed by atoms with Crippen molar-refractivity contribution in [3.8, 4) is 11.5 Å². The van der Waals surface area contributed by atoms with E-state index in [1.54, 1.807) is 6.07 Å². The summed E-state index contributed by atoms with van der Waals surface area (Å²) in [5.74, 6) is 1.11. The highest BCUT2D eigenvalue weighted by Gasteiger charge is 2.15. The third-order valence-electron chi connectivity index (χ3n) is 3.14. The van der Waals surface area contributed by atoms with Crippen LogP contribution >= 0.6 is 11.6 Å². The summed E-state index contributed by atoms with van der Waals surface area (Å²) in [6.45, 7) is 2.23. The highest BCUT2D eigenvalue weighted by Crippen LogP contribution is 2.35. The number of hydrogen-bond donors (Lipinski definition) is 1. The van der Waals surface area contributed by atoms with Gasteiger partial charge in [-0.15, -0.1) is 0 Å². The smallest absolute Gasteiger partial charge is 0.231 e. The van der Waals surface area contributed by atoms with Crippen molar-refractivity contribution in [2.75, 3.05) is 12.1 Å². The number of nitrogens with one attached hydrogen (secondary N) is 1. The Kier molecular flexibility index (Phi) is 3.40. The van der Waals surface area contributed by atoms with Crippen LogP contribution in [-0.2, 0) is 0 Å². The Morgan fingerprint density at radius 1 is 1.15 bits per heavy atom. The second kappa shape index (κ2) is 5.21. The van der Waals surface area contributed by atoms with Gasteiger partial charge in [0.2, 0.25) is 6.79 Å². The first-order valence-electron chi connectivity index (χ1n) is 6.24. The molecule has 3 nitrogen and oxygen atoms in total. The molecular formula is C15H13ClFNO2. The molecular weight excluding hydrogens is 281 g/mol. The third-order valence-corrected chi connectivity index (χ3v) is 3.36. The van der Waals surface area contributed by atoms with E-state index in [-0.39, 0.29) is 18.7 Å². The van der Waals surface area contributed by atoms with Gasteiger partial charge < -0.3 is 14.8 Å². The lowest BCUT2D eigenvalue weighted by Gasteiger charge is -2.16. The summed E-state index contributed by atoms with van der Waals surface area (Å²) in [7, 11) is 0. The van der Waals surface area contributed by atoms with Crippen LogP contribution in [0.1, 0.15) is 18.5 Å². The third kappa shape index (κ3) is 2.65. The number of anilines is 1. The second-order valence-electron chi connectivity index (χ2n) is 4.64. The Morgan fingerprint density at radius 3 is 2.75 bits per heavy atom. The lowest BCUT2D eigenvalue weighted by molar-refractivity contribution is 0.174. The van der Waals surface area contributed by atoms with E-state index in [2.05, 4.69) is 5.32 Å². The van der Waals surface area contributed by atoms with Crippen molar-refractivity contribution in [1.29, 1.82) is 0 Å². The maximum Gasteiger partial charge on any atom is 0.231 e. The monoisotopic (exact) mass is 293 g/mol. The maximum atomic E-state index is 13.3. The van der Waals surface area contributed by atoms with Crippen LogP contribution in [0.2, 0.25) is 5.02 Å². The Bertz CT molecular complexity index is 628. The van der Waals surface area contributed by atoms with Crippen molar-refractivity contribution < 1.29 is 13.9 Å². The van der Waals surface area contributed by atoms with Crippen molar-refractivity contribution in [2.45, 2.75) is 13.0 Å². The standard InChI is InChI=1S/C15H13ClFNO2/c1-9(18-13-6-11(16)5-12(17)7-13)10-2-3-14-15(4-10)20-8-19-14/h2-7,9,18H,8H2,1H3. The predicted octanol–water partition coefficient (Wildman–Crippen LogP) is 4.38. The summed E-state index contributed by atoms with van der Waals surface area (Å²) in [6, 6.07) is 10.1. The highest BCUT2D eigenvalue weighted by molar-refractivity contribution is 6.30. The number of fused-ring (bicyclic) bond motifs is 1. The Labute approximate surface area is 121 Å². The average molecular weight is 294 g/mol. The SMILES string of the molecule is CC(Nc1cc(F)cc(Cl)c1)c1ccc2c(c1)OCO2. The van der Waals surface area contributed by atoms with Gasteiger partial charge in [0.25, 0.3) is 0 Å². The fourth-order valence-corrected chi connectivity index (χ4v) is 2.37. The lowest BCUT2D eigenvalue weighted by atomic mass is 10.1. The molecule has 1 unspecified atom stereocenters. The average Bonchev–Trinajstić information content (AvgIpc) is 2.84. The molecule has 1 aliphatic heterocycles. The van der Waals surface area contributed by atoms with Crippen LogP contribution in [-0.4, -0.2) is 6.79 Å². The topological polar surface area (TPSA) is 30.5 Å². The molecule has 0 radical (unpaired) electrons. The molecule has 1 N–H and O–H groups in total. The van der Waals surface area contributed by atoms with Crippen LogP contribution in [0.4, 0.5) is 10.1 Å². The Morgan fingerprint density at radius 2 is 1.95 bits per heavy atom. The van der Waals surface area contributed by atoms with Crippen molar-refractivity contribution in [1.82, 2.24) is 0 Å². The summed E-state index contributed by atoms with van der Waals surface area (Å²) < 4.78 is 23.9. The van der Waals surface area contributed by atoms with Crippen LogP contribution in [0, 0.1) is 5.82 Å². The number of halogens is 2. The van der Waals surface area contributed by atoms with E-state index >= 15 is 0 Å². The number of hydrogen-bond acceptors (Lipinski definition) is 3. The zero-order chi connectivity index (χ0) is 14.1. The molecule has 0 saturated heterocycles. The molecule has 0 aliphatic carbocycles. The first-order chi connectivity index (χ1) is 9.61. The Hall–Kier alpha value is -1.94. The molecule has 0 aromatic heterocycles. The fourth-order valence-electron chi connectivity index (χ4n) is 2.15. The number of benzene rings is 2. The molecule has 1 aliphatic rings. The van der Waals surface area contributed by atoms with Gasteiger partial charge in [0, 0.05) is 16.8 Å². The quantitative estimate of drug-likeness (QED) is 0.911. The van der Waals surface area contributed by atoms with E-state index in [9.17, 15) is 4.39 Å². The van der Waals surface area contributed by atoms with E-state index < -0.39 is 0 Å². The van der Waals surface area contributed by atoms with Crippen molar-refractivity contribution in [2.24, 2.45) is 0 Å². The van der Waals surface area contributed by atoms with E-state index in [0.29, 0.717) is 10.7 Å². The molecule has 2 aromatic carbocycles. The van der Waals surface area contributed by atoms with Gasteiger partial charge in [-0.25, -0.2) is 4.39 Å². The first-order valence-corrected chi connectivity index (χ1v) is 6.62. The van der Waals surface area contributed by atoms with Crippen molar-refractivity contribution >= 4 is 17.3 Å². The van der Waals surface area contributed by atoms with Crippen LogP contribution in [0.15, 0.2) is 36.4 Å². The van der Waals surface area contributed by atoms with Gasteiger partial charge in [-0.05, 0) is 42.8 Å². The molecule has 1 atom stereocenters. The lowest BCUT2D eigenvalue weighted by Crippen LogP contribution is -2.06. The summed E-state index contributed by atoms with van der Waals surface area (Å²) in [5.41, 5.74) is 1.66. The first kappa shape index (κ1) is 13.1. The second-order valence-corrected chi connectivity index (χ2v) is 5.07. The van der Waals surface area contributed by atoms with Gasteiger partial charge in [-0.3, -0.25) is 0 Å². The molecule has 5 heteroatoms. The van der Waals surface area contributed by atoms with E-state index in [4.69, 9.17) is 21.1 Å². The molecule has 1 heterocycles. The fraction of sp³-hybridized carbons (Fsp3) is 0.200. The zero-order valence-electron chi connectivity index (χ0n) is 10.8. The number of rotatable bonds is 3. The normalized spacial score (nSPS) is 14.2. The summed E-state index contributed by atoms with van der Waals surface area (Å²) in [4.78, 5) is 0. The Balaban J connectivity index is 1.80. The molecule has 0 spiro atoms. The van der Waals surface area contributed by atoms with Gasteiger partial charge in [0.1, 0.15) is 5.82 Å². The molecule has 0 fully saturated rings. The van der Waals surface area contributed by atoms with Crippen molar-refractivity contribution in [3.05, 3.63) is 52.8 Å². The van der Waals surface area contributed by atoms with Crippen LogP contribution < -0.4 is 14.8 Å². The van der Waals surface area contributed by atoms with E-state index in [0.717, 1.165) is 17.1 Å². The van der Waals surface area contributed by atoms with Gasteiger partial charge >= 0.3 is 0 Å². The van der Waals surface area contributed by atoms with Gasteiger partial charge in [-0.1, -0.05) is 17.7 Å². The molecule has 20 heavy (non-hydrogen) atoms. The highest BCUT2D eigenvalue weighted by atomic mass is 35.5. The largest absolute Gasteiger partial charge is 0.454 e. The number of ether oxygens (including phenoxy) is 2. The molecule has 0 saturated carbocycles. The van der Waals surface area contributed by atoms with Crippen LogP contribution in [0.5, 0.6) is 11.5 Å². The summed E-state index contributed by atoms with van der Waals surface area (Å²) in [5, 5.41) is 3.58. The predicted molar refractivity (Wildman–Crippen MR) is 76.0 cm³/mol. The minimum absolute atomic E-state index is 0.0117. The van der Waals surface area contributed by atoms with E-state index in [1.165, 1.54) is 12.1 Å². The van der Waals surface area contributed by atoms with Gasteiger partial charge in [0.15, 0.2) is 11.5 Å². The molecule has 0 bridgehead atoms. The molecule has 0 amide bonds. The molecule has 3 rings (SSSR count). The van der Waals surface area contributed by atoms with Gasteiger partial charge in [0.05, 0.1) is 0 Å². The zero-order valence-corrected chi connectivity index (χ0v) is 11.6. The van der Waals surface area contributed by atoms with Crippen LogP contribution in [0.25, 0.3) is 0 Å². The minimum Gasteiger partial charge on any atom is -0.454 e. The maximum absolute atomic E-state index is 13.3. The summed E-state index contributed by atoms with van der Waals surface area (Å²) >= 11 is 5.84. The summed E-state index contributed by atoms with van der Waals surface area (Å²) in [6.07, 6.45) is 0. The molecule has 104 valence electrons. The molecule has 2 aromatic rings. The van der Waals surface area contributed by atoms with Crippen LogP contribution in [0.3, 0.4) is 0 Å². The minimum atomic E-state index is -0.363. The van der Waals surface area contributed by atoms with Crippen molar-refractivity contribution in [3.63, 3.8) is 0 Å².